The highest BCUT2D eigenvalue weighted by atomic mass is 32.2. The van der Waals surface area contributed by atoms with Gasteiger partial charge in [0.15, 0.2) is 5.12 Å². The molecule has 2 aliphatic rings. The van der Waals surface area contributed by atoms with Gasteiger partial charge in [0.25, 0.3) is 0 Å². The molecule has 32 heavy (non-hydrogen) atoms. The number of rotatable bonds is 9. The summed E-state index contributed by atoms with van der Waals surface area (Å²) >= 11 is 0.783. The van der Waals surface area contributed by atoms with Gasteiger partial charge in [0.1, 0.15) is 23.0 Å². The smallest absolute Gasteiger partial charge is 0.357 e. The van der Waals surface area contributed by atoms with Crippen LogP contribution < -0.4 is 0 Å². The number of cyclic esters (lactones) is 1. The summed E-state index contributed by atoms with van der Waals surface area (Å²) < 4.78 is 14.8. The predicted molar refractivity (Wildman–Crippen MR) is 111 cm³/mol. The summed E-state index contributed by atoms with van der Waals surface area (Å²) in [5, 5.41) is -1.17. The fraction of sp³-hybridized carbons (Fsp3) is 0.619. The molecule has 0 N–H and O–H groups in total. The fourth-order valence-corrected chi connectivity index (χ4v) is 4.34. The molecule has 2 aliphatic heterocycles. The number of ketones is 1. The van der Waals surface area contributed by atoms with Crippen molar-refractivity contribution in [2.45, 2.75) is 64.9 Å². The van der Waals surface area contributed by atoms with E-state index in [-0.39, 0.29) is 41.8 Å². The standard InChI is InChI=1S/C21H27NO9S/c1-11(23)8-14-17(26)22(12(2)19(27)29-10-30-20(28)21(3,4)5)18(14)32-16(25)9-13-6-7-15(24)31-13/h13-14,18H,2,6-10H2,1,3-5H3/t13?,14-,18-/m1/s1. The van der Waals surface area contributed by atoms with E-state index in [1.54, 1.807) is 20.8 Å². The molecule has 0 aromatic carbocycles. The Morgan fingerprint density at radius 3 is 2.34 bits per heavy atom. The van der Waals surface area contributed by atoms with Crippen LogP contribution in [0.15, 0.2) is 12.3 Å². The van der Waals surface area contributed by atoms with Gasteiger partial charge in [-0.05, 0) is 34.1 Å². The summed E-state index contributed by atoms with van der Waals surface area (Å²) in [5.41, 5.74) is -1.12. The van der Waals surface area contributed by atoms with Crippen LogP contribution in [-0.4, -0.2) is 57.9 Å². The van der Waals surface area contributed by atoms with E-state index in [0.717, 1.165) is 16.7 Å². The minimum atomic E-state index is -0.996. The summed E-state index contributed by atoms with van der Waals surface area (Å²) in [5.74, 6) is -3.52. The average molecular weight is 470 g/mol. The molecule has 10 nitrogen and oxygen atoms in total. The first-order valence-corrected chi connectivity index (χ1v) is 10.9. The maximum absolute atomic E-state index is 12.6. The van der Waals surface area contributed by atoms with E-state index < -0.39 is 47.4 Å². The third-order valence-corrected chi connectivity index (χ3v) is 6.01. The molecule has 2 rings (SSSR count). The van der Waals surface area contributed by atoms with Crippen LogP contribution in [0.5, 0.6) is 0 Å². The number of esters is 3. The molecule has 0 spiro atoms. The molecule has 1 amide bonds. The lowest BCUT2D eigenvalue weighted by Gasteiger charge is -2.45. The normalized spacial score (nSPS) is 22.6. The van der Waals surface area contributed by atoms with Gasteiger partial charge in [-0.25, -0.2) is 4.79 Å². The Kier molecular flexibility index (Phi) is 8.22. The Labute approximate surface area is 190 Å². The Morgan fingerprint density at radius 2 is 1.81 bits per heavy atom. The van der Waals surface area contributed by atoms with Crippen LogP contribution in [0.2, 0.25) is 0 Å². The number of nitrogens with zero attached hydrogens (tertiary/aromatic N) is 1. The Hall–Kier alpha value is -2.69. The molecule has 176 valence electrons. The van der Waals surface area contributed by atoms with Crippen molar-refractivity contribution in [2.75, 3.05) is 6.79 Å². The topological polar surface area (TPSA) is 133 Å². The number of hydrogen-bond donors (Lipinski definition) is 0. The number of thioether (sulfide) groups is 1. The lowest BCUT2D eigenvalue weighted by molar-refractivity contribution is -0.173. The molecule has 0 aromatic rings. The molecule has 1 unspecified atom stereocenters. The summed E-state index contributed by atoms with van der Waals surface area (Å²) in [4.78, 5) is 72.9. The van der Waals surface area contributed by atoms with Crippen LogP contribution in [0.4, 0.5) is 0 Å². The number of likely N-dealkylation sites (tertiary alicyclic amines) is 1. The van der Waals surface area contributed by atoms with Crippen molar-refractivity contribution in [3.63, 3.8) is 0 Å². The quantitative estimate of drug-likeness (QED) is 0.213. The Bertz CT molecular complexity index is 845. The summed E-state index contributed by atoms with van der Waals surface area (Å²) in [6.07, 6.45) is 0.0166. The number of carbonyl (C=O) groups is 6. The SMILES string of the molecule is C=C(C(=O)OCOC(=O)C(C)(C)C)N1C(=O)[C@@H](CC(C)=O)[C@H]1SC(=O)CC1CCC(=O)O1. The van der Waals surface area contributed by atoms with Crippen LogP contribution >= 0.6 is 11.8 Å². The second-order valence-electron chi connectivity index (χ2n) is 8.63. The van der Waals surface area contributed by atoms with Gasteiger partial charge in [-0.15, -0.1) is 0 Å². The van der Waals surface area contributed by atoms with Crippen molar-refractivity contribution in [2.24, 2.45) is 11.3 Å². The highest BCUT2D eigenvalue weighted by Crippen LogP contribution is 2.41. The summed E-state index contributed by atoms with van der Waals surface area (Å²) in [7, 11) is 0. The number of β-lactam (4-membered cyclic amide) rings is 1. The van der Waals surface area contributed by atoms with E-state index in [4.69, 9.17) is 14.2 Å². The molecule has 2 fully saturated rings. The van der Waals surface area contributed by atoms with E-state index in [1.165, 1.54) is 6.92 Å². The van der Waals surface area contributed by atoms with Gasteiger partial charge in [0.05, 0.1) is 17.8 Å². The monoisotopic (exact) mass is 469 g/mol. The first-order valence-electron chi connectivity index (χ1n) is 10.1. The van der Waals surface area contributed by atoms with E-state index in [0.29, 0.717) is 6.42 Å². The predicted octanol–water partition coefficient (Wildman–Crippen LogP) is 1.71. The summed E-state index contributed by atoms with van der Waals surface area (Å²) in [6.45, 7) is 9.14. The van der Waals surface area contributed by atoms with Gasteiger partial charge >= 0.3 is 17.9 Å². The number of Topliss-reactive ketones (excluding diaryl/α,β-unsaturated/α-hetero) is 1. The molecular formula is C21H27NO9S. The number of ether oxygens (including phenoxy) is 3. The third-order valence-electron chi connectivity index (χ3n) is 4.79. The zero-order valence-corrected chi connectivity index (χ0v) is 19.3. The van der Waals surface area contributed by atoms with Crippen molar-refractivity contribution in [1.82, 2.24) is 4.90 Å². The minimum Gasteiger partial charge on any atom is -0.462 e. The second-order valence-corrected chi connectivity index (χ2v) is 9.81. The maximum Gasteiger partial charge on any atom is 0.357 e. The van der Waals surface area contributed by atoms with Gasteiger partial charge in [-0.1, -0.05) is 18.3 Å². The van der Waals surface area contributed by atoms with Crippen LogP contribution in [0.3, 0.4) is 0 Å². The van der Waals surface area contributed by atoms with Crippen molar-refractivity contribution in [3.8, 4) is 0 Å². The lowest BCUT2D eigenvalue weighted by atomic mass is 9.92. The van der Waals surface area contributed by atoms with Gasteiger partial charge < -0.3 is 19.0 Å². The molecular weight excluding hydrogens is 442 g/mol. The van der Waals surface area contributed by atoms with Gasteiger partial charge in [0.2, 0.25) is 12.7 Å². The van der Waals surface area contributed by atoms with E-state index >= 15 is 0 Å². The Morgan fingerprint density at radius 1 is 1.16 bits per heavy atom. The van der Waals surface area contributed by atoms with E-state index in [1.807, 2.05) is 0 Å². The van der Waals surface area contributed by atoms with Crippen LogP contribution in [0.25, 0.3) is 0 Å². The molecule has 2 heterocycles. The molecule has 0 aromatic heterocycles. The second kappa shape index (κ2) is 10.3. The van der Waals surface area contributed by atoms with Gasteiger partial charge in [-0.3, -0.25) is 24.1 Å². The largest absolute Gasteiger partial charge is 0.462 e. The van der Waals surface area contributed by atoms with Crippen LogP contribution in [0.1, 0.15) is 53.4 Å². The average Bonchev–Trinajstić information content (AvgIpc) is 3.09. The first kappa shape index (κ1) is 25.6. The number of hydrogen-bond acceptors (Lipinski definition) is 10. The van der Waals surface area contributed by atoms with Crippen molar-refractivity contribution < 1.29 is 43.0 Å². The molecule has 0 saturated carbocycles. The van der Waals surface area contributed by atoms with Crippen molar-refractivity contribution in [1.29, 1.82) is 0 Å². The molecule has 0 bridgehead atoms. The maximum atomic E-state index is 12.6. The zero-order valence-electron chi connectivity index (χ0n) is 18.5. The van der Waals surface area contributed by atoms with Crippen molar-refractivity contribution in [3.05, 3.63) is 12.3 Å². The Balaban J connectivity index is 1.99. The zero-order chi connectivity index (χ0) is 24.2. The number of carbonyl (C=O) groups excluding carboxylic acids is 6. The highest BCUT2D eigenvalue weighted by Gasteiger charge is 2.51. The number of amides is 1. The third kappa shape index (κ3) is 6.41. The molecule has 11 heteroatoms. The van der Waals surface area contributed by atoms with Crippen LogP contribution in [0, 0.1) is 11.3 Å². The summed E-state index contributed by atoms with van der Waals surface area (Å²) in [6, 6.07) is 0. The molecule has 3 atom stereocenters. The lowest BCUT2D eigenvalue weighted by Crippen LogP contribution is -2.60. The molecule has 2 saturated heterocycles. The van der Waals surface area contributed by atoms with E-state index in [2.05, 4.69) is 6.58 Å². The van der Waals surface area contributed by atoms with E-state index in [9.17, 15) is 28.8 Å². The van der Waals surface area contributed by atoms with Crippen molar-refractivity contribution >= 4 is 46.5 Å². The molecule has 0 radical (unpaired) electrons. The fourth-order valence-electron chi connectivity index (χ4n) is 3.07. The van der Waals surface area contributed by atoms with Gasteiger partial charge in [0, 0.05) is 12.8 Å². The highest BCUT2D eigenvalue weighted by molar-refractivity contribution is 8.14. The molecule has 0 aliphatic carbocycles. The first-order chi connectivity index (χ1) is 14.8. The van der Waals surface area contributed by atoms with Gasteiger partial charge in [-0.2, -0.15) is 0 Å². The van der Waals surface area contributed by atoms with Crippen LogP contribution in [-0.2, 0) is 43.0 Å². The minimum absolute atomic E-state index is 0.0403.